The Balaban J connectivity index is 1.61. The van der Waals surface area contributed by atoms with E-state index in [9.17, 15) is 13.2 Å². The van der Waals surface area contributed by atoms with Gasteiger partial charge in [-0.25, -0.2) is 22.7 Å². The third-order valence-corrected chi connectivity index (χ3v) is 5.48. The first-order valence-electron chi connectivity index (χ1n) is 9.84. The Kier molecular flexibility index (Phi) is 4.46. The molecule has 0 radical (unpaired) electrons. The van der Waals surface area contributed by atoms with Crippen LogP contribution in [0.2, 0.25) is 0 Å². The van der Waals surface area contributed by atoms with Gasteiger partial charge in [0.15, 0.2) is 11.5 Å². The molecule has 0 spiro atoms. The number of fused-ring (bicyclic) bond motifs is 2. The predicted molar refractivity (Wildman–Crippen MR) is 105 cm³/mol. The summed E-state index contributed by atoms with van der Waals surface area (Å²) in [5, 5.41) is 16.6. The molecule has 0 bridgehead atoms. The molecule has 4 heterocycles. The number of aryl methyl sites for hydroxylation is 1. The number of alkyl halides is 2. The van der Waals surface area contributed by atoms with Gasteiger partial charge in [-0.3, -0.25) is 0 Å². The number of nitrogens with zero attached hydrogens (tertiary/aromatic N) is 6. The highest BCUT2D eigenvalue weighted by Crippen LogP contribution is 2.30. The third kappa shape index (κ3) is 3.20. The Labute approximate surface area is 169 Å². The predicted octanol–water partition coefficient (Wildman–Crippen LogP) is 3.84. The molecule has 1 fully saturated rings. The molecule has 3 aromatic heterocycles. The second kappa shape index (κ2) is 7.05. The normalized spacial score (nSPS) is 19.9. The minimum absolute atomic E-state index is 0.0883. The van der Waals surface area contributed by atoms with Crippen molar-refractivity contribution in [3.63, 3.8) is 0 Å². The van der Waals surface area contributed by atoms with Crippen LogP contribution in [-0.2, 0) is 0 Å². The second-order valence-electron chi connectivity index (χ2n) is 7.82. The van der Waals surface area contributed by atoms with Crippen LogP contribution in [0.5, 0.6) is 0 Å². The molecule has 4 aromatic rings. The van der Waals surface area contributed by atoms with Crippen LogP contribution in [0.15, 0.2) is 24.4 Å². The Morgan fingerprint density at radius 2 is 2.00 bits per heavy atom. The molecule has 0 amide bonds. The van der Waals surface area contributed by atoms with Gasteiger partial charge in [-0.05, 0) is 51.4 Å². The van der Waals surface area contributed by atoms with Crippen LogP contribution in [0, 0.1) is 12.7 Å². The Morgan fingerprint density at radius 3 is 2.77 bits per heavy atom. The van der Waals surface area contributed by atoms with Crippen molar-refractivity contribution in [2.75, 3.05) is 6.54 Å². The van der Waals surface area contributed by atoms with Crippen LogP contribution in [0.1, 0.15) is 43.5 Å². The molecule has 1 aromatic carbocycles. The van der Waals surface area contributed by atoms with E-state index in [0.29, 0.717) is 22.8 Å². The molecule has 1 aliphatic heterocycles. The largest absolute Gasteiger partial charge is 0.314 e. The number of hydrogen-bond donors (Lipinski definition) is 1. The molecule has 0 aliphatic carbocycles. The first-order valence-corrected chi connectivity index (χ1v) is 9.84. The van der Waals surface area contributed by atoms with E-state index in [-0.39, 0.29) is 28.5 Å². The van der Waals surface area contributed by atoms with Gasteiger partial charge in [-0.15, -0.1) is 5.10 Å². The molecule has 10 heteroatoms. The minimum atomic E-state index is -2.73. The van der Waals surface area contributed by atoms with Crippen molar-refractivity contribution in [1.82, 2.24) is 34.9 Å². The standard InChI is InChI=1S/C20H20F3N7/c1-10-5-13(3-4-24-10)30-27-17-7-12(6-15(21)18(17)28-30)16-8-14(19(22)23)20-25-11(2)9-29(20)26-16/h6-10,13,19,24H,3-5H2,1-2H3/t10-,13-/m0/s1. The molecule has 156 valence electrons. The van der Waals surface area contributed by atoms with Crippen LogP contribution >= 0.6 is 0 Å². The van der Waals surface area contributed by atoms with Gasteiger partial charge in [0.25, 0.3) is 6.43 Å². The van der Waals surface area contributed by atoms with E-state index in [0.717, 1.165) is 19.4 Å². The number of rotatable bonds is 3. The van der Waals surface area contributed by atoms with E-state index in [1.54, 1.807) is 24.0 Å². The minimum Gasteiger partial charge on any atom is -0.314 e. The first kappa shape index (κ1) is 19.0. The van der Waals surface area contributed by atoms with Crippen molar-refractivity contribution in [3.8, 4) is 11.3 Å². The molecule has 0 unspecified atom stereocenters. The fourth-order valence-corrected chi connectivity index (χ4v) is 4.04. The van der Waals surface area contributed by atoms with Gasteiger partial charge in [-0.2, -0.15) is 15.0 Å². The van der Waals surface area contributed by atoms with Crippen molar-refractivity contribution in [2.24, 2.45) is 0 Å². The summed E-state index contributed by atoms with van der Waals surface area (Å²) in [7, 11) is 0. The lowest BCUT2D eigenvalue weighted by molar-refractivity contribution is 0.152. The molecule has 1 N–H and O–H groups in total. The summed E-state index contributed by atoms with van der Waals surface area (Å²) in [6.07, 6.45) is 0.544. The van der Waals surface area contributed by atoms with Crippen molar-refractivity contribution >= 4 is 16.7 Å². The summed E-state index contributed by atoms with van der Waals surface area (Å²) in [4.78, 5) is 5.69. The topological polar surface area (TPSA) is 72.9 Å². The van der Waals surface area contributed by atoms with Crippen LogP contribution in [0.3, 0.4) is 0 Å². The van der Waals surface area contributed by atoms with E-state index in [1.807, 2.05) is 0 Å². The lowest BCUT2D eigenvalue weighted by Crippen LogP contribution is -2.37. The van der Waals surface area contributed by atoms with E-state index in [1.165, 1.54) is 16.6 Å². The molecule has 7 nitrogen and oxygen atoms in total. The molecule has 1 saturated heterocycles. The molecular weight excluding hydrogens is 395 g/mol. The molecule has 1 aliphatic rings. The van der Waals surface area contributed by atoms with Gasteiger partial charge in [0.05, 0.1) is 29.2 Å². The van der Waals surface area contributed by atoms with Gasteiger partial charge >= 0.3 is 0 Å². The van der Waals surface area contributed by atoms with Crippen LogP contribution in [0.4, 0.5) is 13.2 Å². The fraction of sp³-hybridized carbons (Fsp3) is 0.400. The number of aromatic nitrogens is 6. The lowest BCUT2D eigenvalue weighted by atomic mass is 10.0. The van der Waals surface area contributed by atoms with Crippen molar-refractivity contribution in [3.05, 3.63) is 41.5 Å². The Bertz CT molecular complexity index is 1250. The zero-order chi connectivity index (χ0) is 21.0. The van der Waals surface area contributed by atoms with Crippen LogP contribution in [0.25, 0.3) is 27.9 Å². The smallest absolute Gasteiger partial charge is 0.267 e. The van der Waals surface area contributed by atoms with Gasteiger partial charge < -0.3 is 5.32 Å². The summed E-state index contributed by atoms with van der Waals surface area (Å²) in [6.45, 7) is 4.64. The number of piperidine rings is 1. The van der Waals surface area contributed by atoms with Crippen molar-refractivity contribution in [2.45, 2.75) is 45.2 Å². The highest BCUT2D eigenvalue weighted by Gasteiger charge is 2.23. The SMILES string of the molecule is Cc1cn2nc(-c3cc(F)c4nn([C@H]5CCN[C@@H](C)C5)nc4c3)cc(C(F)F)c2n1. The van der Waals surface area contributed by atoms with Crippen LogP contribution in [-0.4, -0.2) is 42.2 Å². The summed E-state index contributed by atoms with van der Waals surface area (Å²) in [5.41, 5.74) is 1.54. The number of nitrogens with one attached hydrogen (secondary N) is 1. The van der Waals surface area contributed by atoms with E-state index in [2.05, 4.69) is 32.5 Å². The van der Waals surface area contributed by atoms with Gasteiger partial charge in [0.2, 0.25) is 0 Å². The third-order valence-electron chi connectivity index (χ3n) is 5.48. The number of halogens is 3. The van der Waals surface area contributed by atoms with E-state index < -0.39 is 12.2 Å². The van der Waals surface area contributed by atoms with E-state index in [4.69, 9.17) is 0 Å². The second-order valence-corrected chi connectivity index (χ2v) is 7.82. The average molecular weight is 415 g/mol. The molecular formula is C20H20F3N7. The summed E-state index contributed by atoms with van der Waals surface area (Å²) in [6, 6.07) is 4.58. The fourth-order valence-electron chi connectivity index (χ4n) is 4.04. The maximum absolute atomic E-state index is 14.8. The van der Waals surface area contributed by atoms with E-state index >= 15 is 0 Å². The summed E-state index contributed by atoms with van der Waals surface area (Å²) < 4.78 is 43.3. The summed E-state index contributed by atoms with van der Waals surface area (Å²) in [5.74, 6) is -0.557. The lowest BCUT2D eigenvalue weighted by Gasteiger charge is -2.27. The highest BCUT2D eigenvalue weighted by molar-refractivity contribution is 5.81. The zero-order valence-electron chi connectivity index (χ0n) is 16.5. The van der Waals surface area contributed by atoms with Crippen molar-refractivity contribution < 1.29 is 13.2 Å². The zero-order valence-corrected chi connectivity index (χ0v) is 16.5. The molecule has 5 rings (SSSR count). The Morgan fingerprint density at radius 1 is 1.17 bits per heavy atom. The van der Waals surface area contributed by atoms with Gasteiger partial charge in [-0.1, -0.05) is 0 Å². The van der Waals surface area contributed by atoms with Gasteiger partial charge in [0, 0.05) is 11.6 Å². The molecule has 30 heavy (non-hydrogen) atoms. The van der Waals surface area contributed by atoms with Gasteiger partial charge in [0.1, 0.15) is 11.0 Å². The van der Waals surface area contributed by atoms with Crippen molar-refractivity contribution in [1.29, 1.82) is 0 Å². The monoisotopic (exact) mass is 415 g/mol. The summed E-state index contributed by atoms with van der Waals surface area (Å²) >= 11 is 0. The quantitative estimate of drug-likeness (QED) is 0.551. The Hall–Kier alpha value is -3.01. The van der Waals surface area contributed by atoms with Crippen LogP contribution < -0.4 is 5.32 Å². The maximum Gasteiger partial charge on any atom is 0.267 e. The molecule has 2 atom stereocenters. The first-order chi connectivity index (χ1) is 14.4. The molecule has 0 saturated carbocycles. The maximum atomic E-state index is 14.8. The number of hydrogen-bond acceptors (Lipinski definition) is 5. The highest BCUT2D eigenvalue weighted by atomic mass is 19.3. The number of imidazole rings is 1. The average Bonchev–Trinajstić information content (AvgIpc) is 3.29. The number of benzene rings is 1.